The summed E-state index contributed by atoms with van der Waals surface area (Å²) in [5.74, 6) is -2.30. The highest BCUT2D eigenvalue weighted by Gasteiger charge is 2.38. The molecule has 1 aromatic carbocycles. The Hall–Kier alpha value is -3.19. The van der Waals surface area contributed by atoms with Gasteiger partial charge in [0.05, 0.1) is 18.9 Å². The first-order valence-electron chi connectivity index (χ1n) is 7.85. The van der Waals surface area contributed by atoms with Gasteiger partial charge in [0.2, 0.25) is 15.8 Å². The number of alkyl halides is 3. The van der Waals surface area contributed by atoms with Crippen LogP contribution >= 0.6 is 0 Å². The second kappa shape index (κ2) is 7.67. The van der Waals surface area contributed by atoms with Gasteiger partial charge < -0.3 is 4.52 Å². The van der Waals surface area contributed by atoms with Crippen molar-refractivity contribution in [2.45, 2.75) is 11.1 Å². The molecule has 2 aromatic heterocycles. The van der Waals surface area contributed by atoms with Crippen molar-refractivity contribution >= 4 is 15.8 Å². The molecule has 0 fully saturated rings. The highest BCUT2D eigenvalue weighted by molar-refractivity contribution is 7.89. The summed E-state index contributed by atoms with van der Waals surface area (Å²) in [5.41, 5.74) is 0.350. The molecule has 0 aliphatic rings. The fraction of sp³-hybridized carbons (Fsp3) is 0.188. The molecule has 0 bridgehead atoms. The lowest BCUT2D eigenvalue weighted by molar-refractivity contribution is -0.159. The molecule has 152 valence electrons. The molecular weight excluding hydrogens is 415 g/mol. The van der Waals surface area contributed by atoms with E-state index < -0.39 is 34.4 Å². The molecule has 3 aromatic rings. The average molecular weight is 427 g/mol. The Balaban J connectivity index is 1.73. The van der Waals surface area contributed by atoms with Crippen LogP contribution in [0.4, 0.5) is 13.2 Å². The largest absolute Gasteiger partial charge is 0.471 e. The summed E-state index contributed by atoms with van der Waals surface area (Å²) in [6.45, 7) is -0.461. The van der Waals surface area contributed by atoms with Crippen LogP contribution in [0.5, 0.6) is 0 Å². The SMILES string of the molecule is CN(CC(=O)c1ccc(-c2noc(C(F)(F)F)n2)cc1)S(=O)(=O)c1cncnc1. The smallest absolute Gasteiger partial charge is 0.329 e. The van der Waals surface area contributed by atoms with Gasteiger partial charge in [0, 0.05) is 18.2 Å². The Bertz CT molecular complexity index is 1120. The number of nitrogens with zero attached hydrogens (tertiary/aromatic N) is 5. The lowest BCUT2D eigenvalue weighted by Gasteiger charge is -2.15. The molecule has 0 saturated carbocycles. The van der Waals surface area contributed by atoms with E-state index in [-0.39, 0.29) is 21.8 Å². The molecule has 0 atom stereocenters. The minimum atomic E-state index is -4.76. The topological polar surface area (TPSA) is 119 Å². The van der Waals surface area contributed by atoms with Crippen LogP contribution in [0, 0.1) is 0 Å². The van der Waals surface area contributed by atoms with Crippen molar-refractivity contribution in [2.24, 2.45) is 0 Å². The lowest BCUT2D eigenvalue weighted by atomic mass is 10.1. The number of ketones is 1. The predicted octanol–water partition coefficient (Wildman–Crippen LogP) is 2.05. The van der Waals surface area contributed by atoms with E-state index in [9.17, 15) is 26.4 Å². The summed E-state index contributed by atoms with van der Waals surface area (Å²) in [7, 11) is -2.73. The predicted molar refractivity (Wildman–Crippen MR) is 90.9 cm³/mol. The van der Waals surface area contributed by atoms with Crippen LogP contribution in [0.2, 0.25) is 0 Å². The molecule has 0 N–H and O–H groups in total. The third-order valence-corrected chi connectivity index (χ3v) is 5.50. The van der Waals surface area contributed by atoms with Gasteiger partial charge in [-0.3, -0.25) is 4.79 Å². The number of rotatable bonds is 6. The minimum Gasteiger partial charge on any atom is -0.329 e. The van der Waals surface area contributed by atoms with Crippen molar-refractivity contribution in [2.75, 3.05) is 13.6 Å². The van der Waals surface area contributed by atoms with Gasteiger partial charge in [0.15, 0.2) is 5.78 Å². The van der Waals surface area contributed by atoms with Gasteiger partial charge in [0.1, 0.15) is 11.2 Å². The molecule has 3 rings (SSSR count). The number of Topliss-reactive ketones (excluding diaryl/α,β-unsaturated/α-hetero) is 1. The third-order valence-electron chi connectivity index (χ3n) is 3.74. The van der Waals surface area contributed by atoms with Crippen LogP contribution in [0.15, 0.2) is 52.4 Å². The van der Waals surface area contributed by atoms with Crippen molar-refractivity contribution < 1.29 is 30.9 Å². The van der Waals surface area contributed by atoms with Crippen molar-refractivity contribution in [3.8, 4) is 11.4 Å². The maximum atomic E-state index is 12.5. The standard InChI is InChI=1S/C16H12F3N5O4S/c1-24(29(26,27)12-6-20-9-21-7-12)8-13(25)10-2-4-11(5-3-10)14-22-15(28-23-14)16(17,18)19/h2-7,9H,8H2,1H3. The van der Waals surface area contributed by atoms with Gasteiger partial charge in [-0.1, -0.05) is 29.4 Å². The van der Waals surface area contributed by atoms with E-state index in [1.807, 2.05) is 0 Å². The molecule has 0 aliphatic carbocycles. The van der Waals surface area contributed by atoms with Crippen LogP contribution in [0.1, 0.15) is 16.2 Å². The molecule has 13 heteroatoms. The number of carbonyl (C=O) groups excluding carboxylic acids is 1. The third kappa shape index (κ3) is 4.46. The van der Waals surface area contributed by atoms with E-state index in [0.717, 1.165) is 16.7 Å². The summed E-state index contributed by atoms with van der Waals surface area (Å²) in [6, 6.07) is 5.32. The normalized spacial score (nSPS) is 12.3. The van der Waals surface area contributed by atoms with Gasteiger partial charge in [-0.15, -0.1) is 0 Å². The first kappa shape index (κ1) is 20.5. The Morgan fingerprint density at radius 1 is 1.14 bits per heavy atom. The van der Waals surface area contributed by atoms with Crippen LogP contribution in [-0.2, 0) is 16.2 Å². The summed E-state index contributed by atoms with van der Waals surface area (Å²) in [5, 5.41) is 3.25. The number of carbonyl (C=O) groups is 1. The number of hydrogen-bond donors (Lipinski definition) is 0. The van der Waals surface area contributed by atoms with Gasteiger partial charge in [-0.25, -0.2) is 18.4 Å². The van der Waals surface area contributed by atoms with Gasteiger partial charge >= 0.3 is 12.1 Å². The lowest BCUT2D eigenvalue weighted by Crippen LogP contribution is -2.32. The molecule has 2 heterocycles. The Kier molecular flexibility index (Phi) is 5.44. The fourth-order valence-electron chi connectivity index (χ4n) is 2.24. The molecule has 0 saturated heterocycles. The van der Waals surface area contributed by atoms with Crippen LogP contribution in [0.25, 0.3) is 11.4 Å². The van der Waals surface area contributed by atoms with Crippen molar-refractivity contribution in [3.05, 3.63) is 54.4 Å². The molecule has 0 radical (unpaired) electrons. The Morgan fingerprint density at radius 3 is 2.31 bits per heavy atom. The molecule has 0 amide bonds. The average Bonchev–Trinajstić information content (AvgIpc) is 3.19. The summed E-state index contributed by atoms with van der Waals surface area (Å²) in [6.07, 6.45) is -1.37. The van der Waals surface area contributed by atoms with Crippen LogP contribution in [-0.4, -0.2) is 52.2 Å². The van der Waals surface area contributed by atoms with E-state index in [1.54, 1.807) is 0 Å². The number of sulfonamides is 1. The maximum absolute atomic E-state index is 12.5. The number of halogens is 3. The van der Waals surface area contributed by atoms with Crippen molar-refractivity contribution in [1.29, 1.82) is 0 Å². The van der Waals surface area contributed by atoms with Crippen molar-refractivity contribution in [1.82, 2.24) is 24.4 Å². The van der Waals surface area contributed by atoms with Crippen LogP contribution < -0.4 is 0 Å². The zero-order valence-electron chi connectivity index (χ0n) is 14.7. The molecule has 0 aliphatic heterocycles. The second-order valence-electron chi connectivity index (χ2n) is 5.76. The number of likely N-dealkylation sites (N-methyl/N-ethyl adjacent to an activating group) is 1. The Morgan fingerprint density at radius 2 is 1.76 bits per heavy atom. The summed E-state index contributed by atoms with van der Waals surface area (Å²) >= 11 is 0. The van der Waals surface area contributed by atoms with E-state index in [1.165, 1.54) is 37.6 Å². The summed E-state index contributed by atoms with van der Waals surface area (Å²) in [4.78, 5) is 22.7. The van der Waals surface area contributed by atoms with E-state index in [2.05, 4.69) is 24.6 Å². The molecule has 0 spiro atoms. The van der Waals surface area contributed by atoms with E-state index >= 15 is 0 Å². The first-order valence-corrected chi connectivity index (χ1v) is 9.29. The summed E-state index contributed by atoms with van der Waals surface area (Å²) < 4.78 is 67.4. The molecule has 0 unspecified atom stereocenters. The van der Waals surface area contributed by atoms with Crippen LogP contribution in [0.3, 0.4) is 0 Å². The Labute approximate surface area is 162 Å². The monoisotopic (exact) mass is 427 g/mol. The highest BCUT2D eigenvalue weighted by Crippen LogP contribution is 2.29. The van der Waals surface area contributed by atoms with E-state index in [0.29, 0.717) is 0 Å². The fourth-order valence-corrected chi connectivity index (χ4v) is 3.27. The zero-order chi connectivity index (χ0) is 21.2. The number of benzene rings is 1. The molecule has 9 nitrogen and oxygen atoms in total. The minimum absolute atomic E-state index is 0.152. The van der Waals surface area contributed by atoms with Gasteiger partial charge in [0.25, 0.3) is 0 Å². The maximum Gasteiger partial charge on any atom is 0.471 e. The highest BCUT2D eigenvalue weighted by atomic mass is 32.2. The number of aromatic nitrogens is 4. The number of hydrogen-bond acceptors (Lipinski definition) is 8. The quantitative estimate of drug-likeness (QED) is 0.549. The van der Waals surface area contributed by atoms with E-state index in [4.69, 9.17) is 0 Å². The van der Waals surface area contributed by atoms with Gasteiger partial charge in [-0.2, -0.15) is 22.5 Å². The molecule has 29 heavy (non-hydrogen) atoms. The van der Waals surface area contributed by atoms with Gasteiger partial charge in [-0.05, 0) is 0 Å². The molecular formula is C16H12F3N5O4S. The first-order chi connectivity index (χ1) is 13.6. The zero-order valence-corrected chi connectivity index (χ0v) is 15.5. The van der Waals surface area contributed by atoms with Crippen molar-refractivity contribution in [3.63, 3.8) is 0 Å². The second-order valence-corrected chi connectivity index (χ2v) is 7.80.